The number of benzene rings is 1. The Morgan fingerprint density at radius 1 is 1.29 bits per heavy atom. The van der Waals surface area contributed by atoms with Gasteiger partial charge in [0.25, 0.3) is 0 Å². The number of anilines is 1. The van der Waals surface area contributed by atoms with Crippen molar-refractivity contribution in [2.45, 2.75) is 31.7 Å². The van der Waals surface area contributed by atoms with Crippen LogP contribution in [0.15, 0.2) is 24.3 Å². The van der Waals surface area contributed by atoms with Crippen molar-refractivity contribution in [2.24, 2.45) is 0 Å². The smallest absolute Gasteiger partial charge is 0.328 e. The third kappa shape index (κ3) is 4.36. The van der Waals surface area contributed by atoms with Crippen LogP contribution in [0.5, 0.6) is 0 Å². The third-order valence-electron chi connectivity index (χ3n) is 3.63. The van der Waals surface area contributed by atoms with Gasteiger partial charge in [-0.1, -0.05) is 12.1 Å². The van der Waals surface area contributed by atoms with Gasteiger partial charge in [-0.3, -0.25) is 4.79 Å². The Bertz CT molecular complexity index is 490. The van der Waals surface area contributed by atoms with E-state index in [2.05, 4.69) is 0 Å². The molecule has 0 aliphatic carbocycles. The molecular formula is C15H21ClN2O3. The molecule has 6 heteroatoms. The molecule has 0 bridgehead atoms. The number of nitrogen functional groups attached to an aromatic ring is 1. The molecule has 1 aromatic carbocycles. The molecule has 1 amide bonds. The molecular weight excluding hydrogens is 292 g/mol. The van der Waals surface area contributed by atoms with Crippen LogP contribution in [0.4, 0.5) is 5.69 Å². The summed E-state index contributed by atoms with van der Waals surface area (Å²) in [7, 11) is 1.36. The monoisotopic (exact) mass is 312 g/mol. The lowest BCUT2D eigenvalue weighted by atomic mass is 10.0. The molecule has 1 aliphatic heterocycles. The number of carbonyl (C=O) groups is 2. The lowest BCUT2D eigenvalue weighted by Crippen LogP contribution is -2.49. The fourth-order valence-electron chi connectivity index (χ4n) is 2.52. The van der Waals surface area contributed by atoms with Gasteiger partial charge in [0.05, 0.1) is 13.5 Å². The second-order valence-corrected chi connectivity index (χ2v) is 5.04. The summed E-state index contributed by atoms with van der Waals surface area (Å²) in [5.41, 5.74) is 7.20. The number of amides is 1. The van der Waals surface area contributed by atoms with Gasteiger partial charge in [0.15, 0.2) is 0 Å². The van der Waals surface area contributed by atoms with Crippen LogP contribution in [0, 0.1) is 0 Å². The van der Waals surface area contributed by atoms with Crippen molar-refractivity contribution in [3.63, 3.8) is 0 Å². The highest BCUT2D eigenvalue weighted by Gasteiger charge is 2.32. The highest BCUT2D eigenvalue weighted by Crippen LogP contribution is 2.19. The van der Waals surface area contributed by atoms with Crippen molar-refractivity contribution in [2.75, 3.05) is 19.4 Å². The van der Waals surface area contributed by atoms with Gasteiger partial charge in [-0.15, -0.1) is 12.4 Å². The first kappa shape index (κ1) is 17.3. The zero-order valence-electron chi connectivity index (χ0n) is 12.1. The molecule has 1 atom stereocenters. The molecule has 21 heavy (non-hydrogen) atoms. The molecule has 2 rings (SSSR count). The molecule has 1 fully saturated rings. The number of halogens is 1. The van der Waals surface area contributed by atoms with Crippen LogP contribution < -0.4 is 5.73 Å². The third-order valence-corrected chi connectivity index (χ3v) is 3.63. The average Bonchev–Trinajstić information content (AvgIpc) is 2.48. The number of methoxy groups -OCH3 is 1. The van der Waals surface area contributed by atoms with Crippen LogP contribution in [-0.2, 0) is 20.7 Å². The van der Waals surface area contributed by atoms with Crippen LogP contribution in [0.3, 0.4) is 0 Å². The first-order valence-corrected chi connectivity index (χ1v) is 6.83. The van der Waals surface area contributed by atoms with E-state index in [-0.39, 0.29) is 30.7 Å². The summed E-state index contributed by atoms with van der Waals surface area (Å²) in [6.07, 6.45) is 2.85. The Morgan fingerprint density at radius 2 is 1.95 bits per heavy atom. The summed E-state index contributed by atoms with van der Waals surface area (Å²) in [5, 5.41) is 0. The first-order chi connectivity index (χ1) is 9.61. The Balaban J connectivity index is 0.00000220. The van der Waals surface area contributed by atoms with Crippen molar-refractivity contribution in [1.82, 2.24) is 4.90 Å². The van der Waals surface area contributed by atoms with Crippen molar-refractivity contribution in [3.05, 3.63) is 29.8 Å². The van der Waals surface area contributed by atoms with Gasteiger partial charge in [0.1, 0.15) is 6.04 Å². The zero-order chi connectivity index (χ0) is 14.5. The molecule has 2 N–H and O–H groups in total. The van der Waals surface area contributed by atoms with Crippen LogP contribution in [-0.4, -0.2) is 36.5 Å². The first-order valence-electron chi connectivity index (χ1n) is 6.83. The molecule has 1 saturated heterocycles. The van der Waals surface area contributed by atoms with Gasteiger partial charge in [-0.05, 0) is 37.0 Å². The summed E-state index contributed by atoms with van der Waals surface area (Å²) in [6, 6.07) is 6.79. The van der Waals surface area contributed by atoms with E-state index < -0.39 is 6.04 Å². The second kappa shape index (κ2) is 7.88. The minimum Gasteiger partial charge on any atom is -0.467 e. The number of ether oxygens (including phenoxy) is 1. The van der Waals surface area contributed by atoms with Crippen LogP contribution in [0.25, 0.3) is 0 Å². The number of carbonyl (C=O) groups excluding carboxylic acids is 2. The number of nitrogens with two attached hydrogens (primary N) is 1. The molecule has 1 aromatic rings. The van der Waals surface area contributed by atoms with E-state index in [0.29, 0.717) is 18.7 Å². The van der Waals surface area contributed by atoms with Gasteiger partial charge in [-0.2, -0.15) is 0 Å². The largest absolute Gasteiger partial charge is 0.467 e. The van der Waals surface area contributed by atoms with Crippen LogP contribution >= 0.6 is 12.4 Å². The summed E-state index contributed by atoms with van der Waals surface area (Å²) < 4.78 is 4.79. The fourth-order valence-corrected chi connectivity index (χ4v) is 2.52. The average molecular weight is 313 g/mol. The van der Waals surface area contributed by atoms with Gasteiger partial charge < -0.3 is 15.4 Å². The van der Waals surface area contributed by atoms with Crippen molar-refractivity contribution in [1.29, 1.82) is 0 Å². The molecule has 116 valence electrons. The maximum absolute atomic E-state index is 12.4. The summed E-state index contributed by atoms with van der Waals surface area (Å²) in [4.78, 5) is 25.8. The number of rotatable bonds is 3. The van der Waals surface area contributed by atoms with Crippen molar-refractivity contribution < 1.29 is 14.3 Å². The van der Waals surface area contributed by atoms with Gasteiger partial charge in [0, 0.05) is 12.2 Å². The van der Waals surface area contributed by atoms with E-state index in [1.165, 1.54) is 7.11 Å². The summed E-state index contributed by atoms with van der Waals surface area (Å²) in [6.45, 7) is 0.619. The SMILES string of the molecule is COC(=O)C1CCCCN1C(=O)Cc1ccc(N)cc1.Cl. The van der Waals surface area contributed by atoms with E-state index in [1.54, 1.807) is 17.0 Å². The number of esters is 1. The Morgan fingerprint density at radius 3 is 2.57 bits per heavy atom. The highest BCUT2D eigenvalue weighted by molar-refractivity contribution is 5.86. The standard InChI is InChI=1S/C15H20N2O3.ClH/c1-20-15(19)13-4-2-3-9-17(13)14(18)10-11-5-7-12(16)8-6-11;/h5-8,13H,2-4,9-10,16H2,1H3;1H. The fraction of sp³-hybridized carbons (Fsp3) is 0.467. The van der Waals surface area contributed by atoms with Gasteiger partial charge >= 0.3 is 5.97 Å². The lowest BCUT2D eigenvalue weighted by molar-refractivity contribution is -0.154. The quantitative estimate of drug-likeness (QED) is 0.682. The topological polar surface area (TPSA) is 72.6 Å². The molecule has 1 aliphatic rings. The number of hydrogen-bond acceptors (Lipinski definition) is 4. The number of nitrogens with zero attached hydrogens (tertiary/aromatic N) is 1. The zero-order valence-corrected chi connectivity index (χ0v) is 12.9. The van der Waals surface area contributed by atoms with Crippen molar-refractivity contribution in [3.8, 4) is 0 Å². The van der Waals surface area contributed by atoms with E-state index in [1.807, 2.05) is 12.1 Å². The van der Waals surface area contributed by atoms with Gasteiger partial charge in [-0.25, -0.2) is 4.79 Å². The maximum Gasteiger partial charge on any atom is 0.328 e. The predicted molar refractivity (Wildman–Crippen MR) is 83.2 cm³/mol. The number of piperidine rings is 1. The van der Waals surface area contributed by atoms with E-state index >= 15 is 0 Å². The van der Waals surface area contributed by atoms with E-state index in [0.717, 1.165) is 18.4 Å². The molecule has 5 nitrogen and oxygen atoms in total. The van der Waals surface area contributed by atoms with E-state index in [9.17, 15) is 9.59 Å². The molecule has 0 saturated carbocycles. The molecule has 0 radical (unpaired) electrons. The van der Waals surface area contributed by atoms with Crippen molar-refractivity contribution >= 4 is 30.0 Å². The minimum atomic E-state index is -0.435. The summed E-state index contributed by atoms with van der Waals surface area (Å²) >= 11 is 0. The second-order valence-electron chi connectivity index (χ2n) is 5.04. The molecule has 1 unspecified atom stereocenters. The predicted octanol–water partition coefficient (Wildman–Crippen LogP) is 1.79. The Kier molecular flexibility index (Phi) is 6.49. The molecule has 0 spiro atoms. The van der Waals surface area contributed by atoms with E-state index in [4.69, 9.17) is 10.5 Å². The normalized spacial score (nSPS) is 17.8. The van der Waals surface area contributed by atoms with Gasteiger partial charge in [0.2, 0.25) is 5.91 Å². The summed E-state index contributed by atoms with van der Waals surface area (Å²) in [5.74, 6) is -0.361. The Labute approximate surface area is 130 Å². The number of hydrogen-bond donors (Lipinski definition) is 1. The van der Waals surface area contributed by atoms with Crippen LogP contribution in [0.2, 0.25) is 0 Å². The molecule has 0 aromatic heterocycles. The highest BCUT2D eigenvalue weighted by atomic mass is 35.5. The lowest BCUT2D eigenvalue weighted by Gasteiger charge is -2.33. The minimum absolute atomic E-state index is 0. The Hall–Kier alpha value is -1.75. The maximum atomic E-state index is 12.4. The molecule has 1 heterocycles. The number of likely N-dealkylation sites (tertiary alicyclic amines) is 1. The van der Waals surface area contributed by atoms with Crippen LogP contribution in [0.1, 0.15) is 24.8 Å².